The summed E-state index contributed by atoms with van der Waals surface area (Å²) in [6, 6.07) is 2.27. The van der Waals surface area contributed by atoms with E-state index in [9.17, 15) is 12.8 Å². The van der Waals surface area contributed by atoms with Gasteiger partial charge in [-0.3, -0.25) is 0 Å². The molecular formula is C12H16BrFN2O2S. The van der Waals surface area contributed by atoms with Gasteiger partial charge in [-0.2, -0.15) is 4.31 Å². The standard InChI is InChI=1S/C12H16BrFN2O2S/c1-8-3-2-4-16(7-8)19(17,18)12-5-9(13)10(14)6-11(12)15/h5-6,8H,2-4,7,15H2,1H3. The zero-order valence-corrected chi connectivity index (χ0v) is 13.0. The number of anilines is 1. The molecule has 0 aliphatic carbocycles. The number of rotatable bonds is 2. The fourth-order valence-electron chi connectivity index (χ4n) is 2.27. The summed E-state index contributed by atoms with van der Waals surface area (Å²) in [6.45, 7) is 2.99. The molecule has 0 radical (unpaired) electrons. The van der Waals surface area contributed by atoms with Crippen LogP contribution >= 0.6 is 15.9 Å². The minimum Gasteiger partial charge on any atom is -0.398 e. The first kappa shape index (κ1) is 14.7. The summed E-state index contributed by atoms with van der Waals surface area (Å²) in [5, 5.41) is 0. The van der Waals surface area contributed by atoms with Crippen molar-refractivity contribution in [1.29, 1.82) is 0 Å². The lowest BCUT2D eigenvalue weighted by molar-refractivity contribution is 0.281. The van der Waals surface area contributed by atoms with Gasteiger partial charge in [-0.25, -0.2) is 12.8 Å². The monoisotopic (exact) mass is 350 g/mol. The average molecular weight is 351 g/mol. The Bertz CT molecular complexity index is 592. The molecule has 106 valence electrons. The average Bonchev–Trinajstić information content (AvgIpc) is 2.33. The van der Waals surface area contributed by atoms with Gasteiger partial charge in [0, 0.05) is 13.1 Å². The zero-order chi connectivity index (χ0) is 14.2. The molecular weight excluding hydrogens is 335 g/mol. The molecule has 1 saturated heterocycles. The van der Waals surface area contributed by atoms with Crippen LogP contribution in [0.25, 0.3) is 0 Å². The molecule has 1 atom stereocenters. The highest BCUT2D eigenvalue weighted by molar-refractivity contribution is 9.10. The quantitative estimate of drug-likeness (QED) is 0.833. The van der Waals surface area contributed by atoms with Crippen LogP contribution in [0.1, 0.15) is 19.8 Å². The summed E-state index contributed by atoms with van der Waals surface area (Å²) in [6.07, 6.45) is 1.86. The zero-order valence-electron chi connectivity index (χ0n) is 10.6. The van der Waals surface area contributed by atoms with Crippen LogP contribution in [0.3, 0.4) is 0 Å². The second kappa shape index (κ2) is 5.38. The molecule has 1 aromatic rings. The van der Waals surface area contributed by atoms with Gasteiger partial charge in [0.15, 0.2) is 0 Å². The molecule has 1 aromatic carbocycles. The van der Waals surface area contributed by atoms with E-state index in [-0.39, 0.29) is 15.1 Å². The van der Waals surface area contributed by atoms with Gasteiger partial charge in [0.2, 0.25) is 10.0 Å². The van der Waals surface area contributed by atoms with Crippen LogP contribution in [0.2, 0.25) is 0 Å². The van der Waals surface area contributed by atoms with Gasteiger partial charge in [-0.05, 0) is 46.8 Å². The van der Waals surface area contributed by atoms with Crippen molar-refractivity contribution in [2.24, 2.45) is 5.92 Å². The smallest absolute Gasteiger partial charge is 0.245 e. The molecule has 0 spiro atoms. The Kier molecular flexibility index (Phi) is 4.17. The molecule has 7 heteroatoms. The lowest BCUT2D eigenvalue weighted by Gasteiger charge is -2.30. The van der Waals surface area contributed by atoms with Crippen molar-refractivity contribution < 1.29 is 12.8 Å². The number of nitrogens with two attached hydrogens (primary N) is 1. The highest BCUT2D eigenvalue weighted by Crippen LogP contribution is 2.30. The molecule has 2 rings (SSSR count). The molecule has 2 N–H and O–H groups in total. The summed E-state index contributed by atoms with van der Waals surface area (Å²) >= 11 is 3.00. The van der Waals surface area contributed by atoms with Crippen molar-refractivity contribution in [1.82, 2.24) is 4.31 Å². The molecule has 4 nitrogen and oxygen atoms in total. The third-order valence-corrected chi connectivity index (χ3v) is 5.82. The number of nitrogen functional groups attached to an aromatic ring is 1. The maximum atomic E-state index is 13.3. The second-order valence-electron chi connectivity index (χ2n) is 4.91. The number of halogens is 2. The van der Waals surface area contributed by atoms with E-state index in [1.807, 2.05) is 6.92 Å². The first-order valence-corrected chi connectivity index (χ1v) is 8.30. The molecule has 0 aromatic heterocycles. The van der Waals surface area contributed by atoms with Crippen molar-refractivity contribution >= 4 is 31.6 Å². The Labute approximate surface area is 121 Å². The molecule has 0 saturated carbocycles. The summed E-state index contributed by atoms with van der Waals surface area (Å²) in [5.74, 6) is -0.239. The van der Waals surface area contributed by atoms with Crippen LogP contribution in [-0.4, -0.2) is 25.8 Å². The lowest BCUT2D eigenvalue weighted by Crippen LogP contribution is -2.39. The van der Waals surface area contributed by atoms with Crippen molar-refractivity contribution in [3.05, 3.63) is 22.4 Å². The number of sulfonamides is 1. The maximum Gasteiger partial charge on any atom is 0.245 e. The van der Waals surface area contributed by atoms with E-state index < -0.39 is 15.8 Å². The number of hydrogen-bond donors (Lipinski definition) is 1. The Morgan fingerprint density at radius 3 is 2.79 bits per heavy atom. The second-order valence-corrected chi connectivity index (χ2v) is 7.68. The predicted molar refractivity (Wildman–Crippen MR) is 75.7 cm³/mol. The van der Waals surface area contributed by atoms with Crippen molar-refractivity contribution in [2.45, 2.75) is 24.7 Å². The molecule has 1 fully saturated rings. The Hall–Kier alpha value is -0.660. The number of benzene rings is 1. The summed E-state index contributed by atoms with van der Waals surface area (Å²) in [5.41, 5.74) is 5.59. The van der Waals surface area contributed by atoms with Gasteiger partial charge < -0.3 is 5.73 Å². The largest absolute Gasteiger partial charge is 0.398 e. The van der Waals surface area contributed by atoms with Crippen molar-refractivity contribution in [3.63, 3.8) is 0 Å². The van der Waals surface area contributed by atoms with E-state index >= 15 is 0 Å². The van der Waals surface area contributed by atoms with Gasteiger partial charge in [0.05, 0.1) is 10.2 Å². The van der Waals surface area contributed by atoms with Crippen LogP contribution in [0, 0.1) is 11.7 Å². The molecule has 0 amide bonds. The van der Waals surface area contributed by atoms with Crippen LogP contribution in [0.4, 0.5) is 10.1 Å². The molecule has 1 aliphatic rings. The van der Waals surface area contributed by atoms with Crippen LogP contribution in [-0.2, 0) is 10.0 Å². The van der Waals surface area contributed by atoms with E-state index in [0.717, 1.165) is 18.9 Å². The van der Waals surface area contributed by atoms with Crippen molar-refractivity contribution in [2.75, 3.05) is 18.8 Å². The number of nitrogens with zero attached hydrogens (tertiary/aromatic N) is 1. The fourth-order valence-corrected chi connectivity index (χ4v) is 4.49. The third-order valence-electron chi connectivity index (χ3n) is 3.29. The SMILES string of the molecule is CC1CCCN(S(=O)(=O)c2cc(Br)c(F)cc2N)C1. The Morgan fingerprint density at radius 2 is 2.16 bits per heavy atom. The van der Waals surface area contributed by atoms with Crippen LogP contribution < -0.4 is 5.73 Å². The maximum absolute atomic E-state index is 13.3. The third kappa shape index (κ3) is 2.93. The van der Waals surface area contributed by atoms with Gasteiger partial charge in [0.1, 0.15) is 10.7 Å². The van der Waals surface area contributed by atoms with E-state index in [1.165, 1.54) is 10.4 Å². The van der Waals surface area contributed by atoms with Crippen molar-refractivity contribution in [3.8, 4) is 0 Å². The van der Waals surface area contributed by atoms with E-state index in [0.29, 0.717) is 19.0 Å². The summed E-state index contributed by atoms with van der Waals surface area (Å²) < 4.78 is 39.9. The van der Waals surface area contributed by atoms with Gasteiger partial charge in [-0.1, -0.05) is 6.92 Å². The minimum atomic E-state index is -3.65. The Morgan fingerprint density at radius 1 is 1.47 bits per heavy atom. The van der Waals surface area contributed by atoms with Gasteiger partial charge >= 0.3 is 0 Å². The normalized spacial score (nSPS) is 21.5. The van der Waals surface area contributed by atoms with Gasteiger partial charge in [-0.15, -0.1) is 0 Å². The highest BCUT2D eigenvalue weighted by atomic mass is 79.9. The molecule has 1 heterocycles. The van der Waals surface area contributed by atoms with E-state index in [4.69, 9.17) is 5.73 Å². The van der Waals surface area contributed by atoms with Crippen LogP contribution in [0.5, 0.6) is 0 Å². The number of hydrogen-bond acceptors (Lipinski definition) is 3. The molecule has 0 bridgehead atoms. The molecule has 1 unspecified atom stereocenters. The first-order valence-electron chi connectivity index (χ1n) is 6.07. The van der Waals surface area contributed by atoms with Gasteiger partial charge in [0.25, 0.3) is 0 Å². The molecule has 1 aliphatic heterocycles. The highest BCUT2D eigenvalue weighted by Gasteiger charge is 2.30. The minimum absolute atomic E-state index is 0.0325. The first-order chi connectivity index (χ1) is 8.82. The number of piperidine rings is 1. The predicted octanol–water partition coefficient (Wildman–Crippen LogP) is 2.59. The molecule has 19 heavy (non-hydrogen) atoms. The summed E-state index contributed by atoms with van der Waals surface area (Å²) in [7, 11) is -3.65. The van der Waals surface area contributed by atoms with E-state index in [2.05, 4.69) is 15.9 Å². The topological polar surface area (TPSA) is 63.4 Å². The summed E-state index contributed by atoms with van der Waals surface area (Å²) in [4.78, 5) is -0.0325. The Balaban J connectivity index is 2.42. The fraction of sp³-hybridized carbons (Fsp3) is 0.500. The lowest BCUT2D eigenvalue weighted by atomic mass is 10.0. The van der Waals surface area contributed by atoms with E-state index in [1.54, 1.807) is 0 Å². The van der Waals surface area contributed by atoms with Crippen LogP contribution in [0.15, 0.2) is 21.5 Å².